The number of carbonyl (C=O) groups is 1. The van der Waals surface area contributed by atoms with Crippen molar-refractivity contribution < 1.29 is 31.3 Å². The molecule has 1 amide bonds. The van der Waals surface area contributed by atoms with Crippen molar-refractivity contribution in [2.75, 3.05) is 5.32 Å². The van der Waals surface area contributed by atoms with Gasteiger partial charge >= 0.3 is 0 Å². The third kappa shape index (κ3) is 3.55. The van der Waals surface area contributed by atoms with Crippen molar-refractivity contribution >= 4 is 17.3 Å². The maximum atomic E-state index is 11.9. The minimum absolute atomic E-state index is 0. The molecule has 0 spiro atoms. The molecule has 0 radical (unpaired) electrons. The van der Waals surface area contributed by atoms with E-state index < -0.39 is 10.8 Å². The number of nitrogens with zero attached hydrogens (tertiary/aromatic N) is 1. The van der Waals surface area contributed by atoms with Crippen LogP contribution in [0, 0.1) is 10.1 Å². The first-order valence-electron chi connectivity index (χ1n) is 5.42. The Morgan fingerprint density at radius 2 is 1.80 bits per heavy atom. The summed E-state index contributed by atoms with van der Waals surface area (Å²) in [5.74, 6) is -0.911. The van der Waals surface area contributed by atoms with Crippen LogP contribution in [0.2, 0.25) is 0 Å². The number of nitro groups is 1. The molecular formula is C13H10N2NiO4. The van der Waals surface area contributed by atoms with E-state index in [0.29, 0.717) is 5.69 Å². The molecule has 0 saturated heterocycles. The normalized spacial score (nSPS) is 9.40. The van der Waals surface area contributed by atoms with Gasteiger partial charge in [0.1, 0.15) is 5.75 Å². The summed E-state index contributed by atoms with van der Waals surface area (Å²) in [5, 5.41) is 22.8. The van der Waals surface area contributed by atoms with Gasteiger partial charge in [-0.25, -0.2) is 0 Å². The molecule has 106 valence electrons. The molecule has 0 heterocycles. The fraction of sp³-hybridized carbons (Fsp3) is 0. The quantitative estimate of drug-likeness (QED) is 0.517. The van der Waals surface area contributed by atoms with E-state index in [2.05, 4.69) is 5.32 Å². The molecule has 2 rings (SSSR count). The third-order valence-electron chi connectivity index (χ3n) is 2.47. The first-order chi connectivity index (χ1) is 9.08. The number of nitro benzene ring substituents is 1. The Kier molecular flexibility index (Phi) is 5.23. The molecule has 6 nitrogen and oxygen atoms in total. The van der Waals surface area contributed by atoms with Crippen molar-refractivity contribution in [2.24, 2.45) is 0 Å². The number of aromatic hydroxyl groups is 1. The number of hydrogen-bond donors (Lipinski definition) is 2. The molecule has 0 unspecified atom stereocenters. The van der Waals surface area contributed by atoms with Gasteiger partial charge in [-0.1, -0.05) is 18.2 Å². The van der Waals surface area contributed by atoms with E-state index in [9.17, 15) is 20.0 Å². The average Bonchev–Trinajstić information content (AvgIpc) is 2.40. The fourth-order valence-corrected chi connectivity index (χ4v) is 1.54. The number of amides is 1. The SMILES string of the molecule is O=C(Nc1ccccc1)c1cc([N+](=O)[O-])ccc1O.[Ni]. The summed E-state index contributed by atoms with van der Waals surface area (Å²) in [6.45, 7) is 0. The van der Waals surface area contributed by atoms with Crippen molar-refractivity contribution in [3.8, 4) is 5.75 Å². The summed E-state index contributed by atoms with van der Waals surface area (Å²) >= 11 is 0. The van der Waals surface area contributed by atoms with Gasteiger partial charge in [0, 0.05) is 34.3 Å². The Labute approximate surface area is 124 Å². The van der Waals surface area contributed by atoms with Gasteiger partial charge in [0.15, 0.2) is 0 Å². The molecule has 2 N–H and O–H groups in total. The molecule has 0 atom stereocenters. The smallest absolute Gasteiger partial charge is 0.270 e. The minimum Gasteiger partial charge on any atom is -0.507 e. The zero-order valence-corrected chi connectivity index (χ0v) is 11.0. The second kappa shape index (κ2) is 6.68. The zero-order chi connectivity index (χ0) is 13.8. The molecule has 0 aliphatic carbocycles. The van der Waals surface area contributed by atoms with Crippen LogP contribution in [-0.4, -0.2) is 15.9 Å². The van der Waals surface area contributed by atoms with Gasteiger partial charge in [0.2, 0.25) is 0 Å². The van der Waals surface area contributed by atoms with E-state index in [1.54, 1.807) is 30.3 Å². The van der Waals surface area contributed by atoms with Crippen LogP contribution >= 0.6 is 0 Å². The molecular weight excluding hydrogens is 307 g/mol. The molecule has 0 aliphatic heterocycles. The minimum atomic E-state index is -0.626. The van der Waals surface area contributed by atoms with E-state index in [1.807, 2.05) is 0 Å². The first kappa shape index (κ1) is 15.7. The number of rotatable bonds is 3. The van der Waals surface area contributed by atoms with Gasteiger partial charge in [-0.05, 0) is 18.2 Å². The number of hydrogen-bond acceptors (Lipinski definition) is 4. The number of non-ortho nitro benzene ring substituents is 1. The zero-order valence-electron chi connectivity index (χ0n) is 10.1. The number of nitrogens with one attached hydrogen (secondary N) is 1. The van der Waals surface area contributed by atoms with Crippen molar-refractivity contribution in [2.45, 2.75) is 0 Å². The third-order valence-corrected chi connectivity index (χ3v) is 2.47. The summed E-state index contributed by atoms with van der Waals surface area (Å²) < 4.78 is 0. The van der Waals surface area contributed by atoms with E-state index in [-0.39, 0.29) is 33.5 Å². The number of phenolic OH excluding ortho intramolecular Hbond substituents is 1. The summed E-state index contributed by atoms with van der Waals surface area (Å²) in [7, 11) is 0. The van der Waals surface area contributed by atoms with Crippen LogP contribution in [0.15, 0.2) is 48.5 Å². The summed E-state index contributed by atoms with van der Waals surface area (Å²) in [6.07, 6.45) is 0. The second-order valence-electron chi connectivity index (χ2n) is 3.78. The van der Waals surface area contributed by atoms with Crippen LogP contribution in [0.4, 0.5) is 11.4 Å². The standard InChI is InChI=1S/C13H10N2O4.Ni/c16-12-7-6-10(15(18)19)8-11(12)13(17)14-9-4-2-1-3-5-9;/h1-8,16H,(H,14,17);. The Bertz CT molecular complexity index is 632. The van der Waals surface area contributed by atoms with Gasteiger partial charge in [-0.15, -0.1) is 0 Å². The summed E-state index contributed by atoms with van der Waals surface area (Å²) in [4.78, 5) is 21.9. The molecule has 0 fully saturated rings. The summed E-state index contributed by atoms with van der Waals surface area (Å²) in [6, 6.07) is 11.9. The molecule has 7 heteroatoms. The van der Waals surface area contributed by atoms with Crippen molar-refractivity contribution in [1.82, 2.24) is 0 Å². The van der Waals surface area contributed by atoms with Gasteiger partial charge < -0.3 is 10.4 Å². The molecule has 0 aliphatic rings. The van der Waals surface area contributed by atoms with Crippen LogP contribution in [0.25, 0.3) is 0 Å². The molecule has 20 heavy (non-hydrogen) atoms. The van der Waals surface area contributed by atoms with Crippen LogP contribution < -0.4 is 5.32 Å². The van der Waals surface area contributed by atoms with Crippen LogP contribution in [-0.2, 0) is 16.5 Å². The van der Waals surface area contributed by atoms with Crippen molar-refractivity contribution in [3.05, 3.63) is 64.2 Å². The Morgan fingerprint density at radius 3 is 2.40 bits per heavy atom. The van der Waals surface area contributed by atoms with Crippen molar-refractivity contribution in [3.63, 3.8) is 0 Å². The van der Waals surface area contributed by atoms with Gasteiger partial charge in [0.25, 0.3) is 11.6 Å². The predicted molar refractivity (Wildman–Crippen MR) is 69.2 cm³/mol. The maximum absolute atomic E-state index is 11.9. The number of phenols is 1. The molecule has 0 saturated carbocycles. The van der Waals surface area contributed by atoms with Gasteiger partial charge in [-0.3, -0.25) is 14.9 Å². The second-order valence-corrected chi connectivity index (χ2v) is 3.78. The van der Waals surface area contributed by atoms with Gasteiger partial charge in [-0.2, -0.15) is 0 Å². The van der Waals surface area contributed by atoms with E-state index in [4.69, 9.17) is 0 Å². The molecule has 2 aromatic carbocycles. The number of anilines is 1. The molecule has 0 aromatic heterocycles. The number of benzene rings is 2. The Hall–Kier alpha value is -2.40. The Morgan fingerprint density at radius 1 is 1.15 bits per heavy atom. The van der Waals surface area contributed by atoms with Crippen LogP contribution in [0.5, 0.6) is 5.75 Å². The van der Waals surface area contributed by atoms with Crippen LogP contribution in [0.1, 0.15) is 10.4 Å². The van der Waals surface area contributed by atoms with Gasteiger partial charge in [0.05, 0.1) is 10.5 Å². The van der Waals surface area contributed by atoms with Crippen molar-refractivity contribution in [1.29, 1.82) is 0 Å². The van der Waals surface area contributed by atoms with E-state index >= 15 is 0 Å². The average molecular weight is 317 g/mol. The van der Waals surface area contributed by atoms with Crippen LogP contribution in [0.3, 0.4) is 0 Å². The monoisotopic (exact) mass is 316 g/mol. The maximum Gasteiger partial charge on any atom is 0.270 e. The molecule has 0 bridgehead atoms. The number of carbonyl (C=O) groups excluding carboxylic acids is 1. The van der Waals surface area contributed by atoms with E-state index in [0.717, 1.165) is 18.2 Å². The fourth-order valence-electron chi connectivity index (χ4n) is 1.54. The largest absolute Gasteiger partial charge is 0.507 e. The molecule has 2 aromatic rings. The summed E-state index contributed by atoms with van der Waals surface area (Å²) in [5.41, 5.74) is 0.146. The predicted octanol–water partition coefficient (Wildman–Crippen LogP) is 2.55. The first-order valence-corrected chi connectivity index (χ1v) is 5.42. The number of para-hydroxylation sites is 1. The van der Waals surface area contributed by atoms with E-state index in [1.165, 1.54) is 0 Å². The Balaban J connectivity index is 0.00000200. The topological polar surface area (TPSA) is 92.5 Å².